The molecule has 48 valence electrons. The monoisotopic (exact) mass is 115 g/mol. The first-order valence-corrected chi connectivity index (χ1v) is 3.02. The smallest absolute Gasteiger partial charge is 0.0727 e. The lowest BCUT2D eigenvalue weighted by Crippen LogP contribution is -2.26. The summed E-state index contributed by atoms with van der Waals surface area (Å²) in [5.41, 5.74) is 0.0972. The normalized spacial score (nSPS) is 35.6. The van der Waals surface area contributed by atoms with E-state index < -0.39 is 0 Å². The maximum atomic E-state index is 9.19. The van der Waals surface area contributed by atoms with Crippen molar-refractivity contribution >= 4 is 0 Å². The Morgan fingerprint density at radius 1 is 1.62 bits per heavy atom. The number of aliphatic hydroxyl groups excluding tert-OH is 1. The summed E-state index contributed by atoms with van der Waals surface area (Å²) in [7, 11) is 0. The van der Waals surface area contributed by atoms with Gasteiger partial charge in [0.2, 0.25) is 0 Å². The Bertz CT molecular complexity index is 90.5. The lowest BCUT2D eigenvalue weighted by molar-refractivity contribution is 0.0963. The number of aliphatic hydroxyl groups is 1. The molecular weight excluding hydrogens is 102 g/mol. The maximum Gasteiger partial charge on any atom is 0.0727 e. The minimum absolute atomic E-state index is 0.0972. The third kappa shape index (κ3) is 0.858. The molecule has 0 aromatic rings. The van der Waals surface area contributed by atoms with Crippen LogP contribution in [0.5, 0.6) is 0 Å². The summed E-state index contributed by atoms with van der Waals surface area (Å²) >= 11 is 0. The Balaban J connectivity index is 2.54. The second-order valence-electron chi connectivity index (χ2n) is 3.14. The van der Waals surface area contributed by atoms with Crippen LogP contribution < -0.4 is 5.32 Å². The summed E-state index contributed by atoms with van der Waals surface area (Å²) in [6.07, 6.45) is -0.150. The molecule has 8 heavy (non-hydrogen) atoms. The van der Waals surface area contributed by atoms with E-state index in [4.69, 9.17) is 0 Å². The summed E-state index contributed by atoms with van der Waals surface area (Å²) in [4.78, 5) is 0. The van der Waals surface area contributed by atoms with Crippen LogP contribution in [0.4, 0.5) is 0 Å². The average molecular weight is 115 g/mol. The van der Waals surface area contributed by atoms with Crippen LogP contribution in [0.15, 0.2) is 0 Å². The number of rotatable bonds is 0. The van der Waals surface area contributed by atoms with Crippen LogP contribution in [0.1, 0.15) is 13.8 Å². The highest BCUT2D eigenvalue weighted by Gasteiger charge is 2.32. The van der Waals surface area contributed by atoms with Gasteiger partial charge in [-0.15, -0.1) is 0 Å². The summed E-state index contributed by atoms with van der Waals surface area (Å²) in [6, 6.07) is 0. The molecule has 0 saturated carbocycles. The molecule has 1 fully saturated rings. The molecule has 1 saturated heterocycles. The zero-order chi connectivity index (χ0) is 6.20. The SMILES string of the molecule is CC1(C)CNC[C@@H]1O. The van der Waals surface area contributed by atoms with Gasteiger partial charge in [0.1, 0.15) is 0 Å². The molecule has 2 nitrogen and oxygen atoms in total. The molecule has 0 amide bonds. The van der Waals surface area contributed by atoms with Crippen LogP contribution in [0.3, 0.4) is 0 Å². The third-order valence-electron chi connectivity index (χ3n) is 1.82. The fraction of sp³-hybridized carbons (Fsp3) is 1.00. The molecule has 0 aromatic heterocycles. The van der Waals surface area contributed by atoms with Crippen molar-refractivity contribution in [2.75, 3.05) is 13.1 Å². The lowest BCUT2D eigenvalue weighted by atomic mass is 9.90. The Morgan fingerprint density at radius 2 is 2.25 bits per heavy atom. The maximum absolute atomic E-state index is 9.19. The first kappa shape index (κ1) is 6.05. The summed E-state index contributed by atoms with van der Waals surface area (Å²) in [6.45, 7) is 5.83. The second kappa shape index (κ2) is 1.71. The van der Waals surface area contributed by atoms with E-state index in [0.717, 1.165) is 13.1 Å². The summed E-state index contributed by atoms with van der Waals surface area (Å²) < 4.78 is 0. The van der Waals surface area contributed by atoms with Crippen molar-refractivity contribution in [1.82, 2.24) is 5.32 Å². The first-order chi connectivity index (χ1) is 3.63. The van der Waals surface area contributed by atoms with Crippen LogP contribution in [0.25, 0.3) is 0 Å². The van der Waals surface area contributed by atoms with E-state index in [1.165, 1.54) is 0 Å². The molecular formula is C6H13NO. The molecule has 1 aliphatic rings. The lowest BCUT2D eigenvalue weighted by Gasteiger charge is -2.19. The van der Waals surface area contributed by atoms with E-state index in [9.17, 15) is 5.11 Å². The molecule has 1 aliphatic heterocycles. The van der Waals surface area contributed by atoms with Crippen LogP contribution in [-0.2, 0) is 0 Å². The van der Waals surface area contributed by atoms with Crippen LogP contribution in [0.2, 0.25) is 0 Å². The van der Waals surface area contributed by atoms with E-state index >= 15 is 0 Å². The van der Waals surface area contributed by atoms with Gasteiger partial charge in [0.05, 0.1) is 6.10 Å². The van der Waals surface area contributed by atoms with Gasteiger partial charge in [0, 0.05) is 18.5 Å². The van der Waals surface area contributed by atoms with Gasteiger partial charge in [-0.1, -0.05) is 13.8 Å². The molecule has 2 heteroatoms. The Hall–Kier alpha value is -0.0800. The van der Waals surface area contributed by atoms with Crippen LogP contribution >= 0.6 is 0 Å². The Morgan fingerprint density at radius 3 is 2.38 bits per heavy atom. The van der Waals surface area contributed by atoms with E-state index in [0.29, 0.717) is 0 Å². The molecule has 1 rings (SSSR count). The number of hydrogen-bond donors (Lipinski definition) is 2. The number of nitrogens with one attached hydrogen (secondary N) is 1. The minimum Gasteiger partial charge on any atom is -0.391 e. The van der Waals surface area contributed by atoms with Crippen molar-refractivity contribution in [2.24, 2.45) is 5.41 Å². The highest BCUT2D eigenvalue weighted by molar-refractivity contribution is 4.87. The van der Waals surface area contributed by atoms with Gasteiger partial charge in [-0.05, 0) is 0 Å². The van der Waals surface area contributed by atoms with Gasteiger partial charge in [0.25, 0.3) is 0 Å². The van der Waals surface area contributed by atoms with Gasteiger partial charge >= 0.3 is 0 Å². The van der Waals surface area contributed by atoms with Crippen molar-refractivity contribution in [3.63, 3.8) is 0 Å². The largest absolute Gasteiger partial charge is 0.391 e. The zero-order valence-electron chi connectivity index (χ0n) is 5.44. The second-order valence-corrected chi connectivity index (χ2v) is 3.14. The number of β-amino-alcohol motifs (C(OH)–C–C–N with tert-alkyl or cyclic N) is 1. The van der Waals surface area contributed by atoms with Crippen LogP contribution in [0, 0.1) is 5.41 Å². The molecule has 0 bridgehead atoms. The van der Waals surface area contributed by atoms with Gasteiger partial charge < -0.3 is 10.4 Å². The molecule has 0 unspecified atom stereocenters. The topological polar surface area (TPSA) is 32.3 Å². The predicted molar refractivity (Wildman–Crippen MR) is 32.7 cm³/mol. The fourth-order valence-electron chi connectivity index (χ4n) is 0.925. The molecule has 0 spiro atoms. The molecule has 2 N–H and O–H groups in total. The van der Waals surface area contributed by atoms with Crippen molar-refractivity contribution in [3.05, 3.63) is 0 Å². The quantitative estimate of drug-likeness (QED) is 0.465. The third-order valence-corrected chi connectivity index (χ3v) is 1.82. The molecule has 0 aliphatic carbocycles. The highest BCUT2D eigenvalue weighted by atomic mass is 16.3. The van der Waals surface area contributed by atoms with Crippen molar-refractivity contribution in [2.45, 2.75) is 20.0 Å². The summed E-state index contributed by atoms with van der Waals surface area (Å²) in [5, 5.41) is 12.3. The Labute approximate surface area is 49.9 Å². The first-order valence-electron chi connectivity index (χ1n) is 3.02. The minimum atomic E-state index is -0.150. The van der Waals surface area contributed by atoms with Gasteiger partial charge in [-0.2, -0.15) is 0 Å². The van der Waals surface area contributed by atoms with Gasteiger partial charge in [-0.3, -0.25) is 0 Å². The van der Waals surface area contributed by atoms with Gasteiger partial charge in [0.15, 0.2) is 0 Å². The molecule has 0 aromatic carbocycles. The highest BCUT2D eigenvalue weighted by Crippen LogP contribution is 2.22. The molecule has 1 atom stereocenters. The zero-order valence-corrected chi connectivity index (χ0v) is 5.44. The van der Waals surface area contributed by atoms with Crippen molar-refractivity contribution in [1.29, 1.82) is 0 Å². The fourth-order valence-corrected chi connectivity index (χ4v) is 0.925. The van der Waals surface area contributed by atoms with E-state index in [-0.39, 0.29) is 11.5 Å². The average Bonchev–Trinajstić information content (AvgIpc) is 1.86. The summed E-state index contributed by atoms with van der Waals surface area (Å²) in [5.74, 6) is 0. The molecule has 1 heterocycles. The molecule has 0 radical (unpaired) electrons. The van der Waals surface area contributed by atoms with Crippen LogP contribution in [-0.4, -0.2) is 24.3 Å². The van der Waals surface area contributed by atoms with E-state index in [1.54, 1.807) is 0 Å². The predicted octanol–water partition coefficient (Wildman–Crippen LogP) is -0.0233. The van der Waals surface area contributed by atoms with Crippen molar-refractivity contribution < 1.29 is 5.11 Å². The van der Waals surface area contributed by atoms with E-state index in [2.05, 4.69) is 19.2 Å². The van der Waals surface area contributed by atoms with E-state index in [1.807, 2.05) is 0 Å². The Kier molecular flexibility index (Phi) is 1.29. The van der Waals surface area contributed by atoms with Crippen molar-refractivity contribution in [3.8, 4) is 0 Å². The standard InChI is InChI=1S/C6H13NO/c1-6(2)4-7-3-5(6)8/h5,7-8H,3-4H2,1-2H3/t5-/m0/s1. The number of hydrogen-bond acceptors (Lipinski definition) is 2. The van der Waals surface area contributed by atoms with Gasteiger partial charge in [-0.25, -0.2) is 0 Å².